The highest BCUT2D eigenvalue weighted by Crippen LogP contribution is 2.29. The van der Waals surface area contributed by atoms with Gasteiger partial charge in [0, 0.05) is 35.5 Å². The molecule has 0 aliphatic heterocycles. The van der Waals surface area contributed by atoms with Gasteiger partial charge in [-0.3, -0.25) is 14.4 Å². The zero-order valence-corrected chi connectivity index (χ0v) is 17.3. The first-order chi connectivity index (χ1) is 15.7. The van der Waals surface area contributed by atoms with Crippen LogP contribution in [0.3, 0.4) is 0 Å². The fourth-order valence-electron chi connectivity index (χ4n) is 2.89. The number of rotatable bonds is 7. The van der Waals surface area contributed by atoms with Crippen LogP contribution in [-0.2, 0) is 6.18 Å². The Kier molecular flexibility index (Phi) is 7.45. The Labute approximate surface area is 187 Å². The number of alkyl halides is 3. The van der Waals surface area contributed by atoms with Gasteiger partial charge in [-0.2, -0.15) is 13.2 Å². The minimum atomic E-state index is -4.55. The SMILES string of the molecule is O=C(NCCNC(=O)c1ccc(NC(=O)c2cccc(C(F)(F)F)c2)cc1)c1ccccc1. The fourth-order valence-corrected chi connectivity index (χ4v) is 2.89. The monoisotopic (exact) mass is 455 g/mol. The average Bonchev–Trinajstić information content (AvgIpc) is 2.82. The number of anilines is 1. The number of hydrogen-bond acceptors (Lipinski definition) is 3. The topological polar surface area (TPSA) is 87.3 Å². The number of carbonyl (C=O) groups is 3. The standard InChI is InChI=1S/C24H20F3N3O3/c25-24(26,27)19-8-4-7-18(15-19)23(33)30-20-11-9-17(10-12-20)22(32)29-14-13-28-21(31)16-5-2-1-3-6-16/h1-12,15H,13-14H2,(H,28,31)(H,29,32)(H,30,33). The summed E-state index contributed by atoms with van der Waals surface area (Å²) in [4.78, 5) is 36.4. The van der Waals surface area contributed by atoms with Crippen LogP contribution in [0.4, 0.5) is 18.9 Å². The van der Waals surface area contributed by atoms with Gasteiger partial charge in [-0.15, -0.1) is 0 Å². The van der Waals surface area contributed by atoms with Gasteiger partial charge < -0.3 is 16.0 Å². The molecular weight excluding hydrogens is 435 g/mol. The zero-order chi connectivity index (χ0) is 23.8. The molecule has 3 N–H and O–H groups in total. The van der Waals surface area contributed by atoms with Crippen LogP contribution >= 0.6 is 0 Å². The molecule has 9 heteroatoms. The summed E-state index contributed by atoms with van der Waals surface area (Å²) in [6, 6.07) is 18.7. The largest absolute Gasteiger partial charge is 0.416 e. The molecule has 0 aromatic heterocycles. The van der Waals surface area contributed by atoms with Crippen molar-refractivity contribution in [2.75, 3.05) is 18.4 Å². The van der Waals surface area contributed by atoms with E-state index in [9.17, 15) is 27.6 Å². The number of amides is 3. The van der Waals surface area contributed by atoms with Crippen molar-refractivity contribution in [3.63, 3.8) is 0 Å². The normalized spacial score (nSPS) is 10.9. The van der Waals surface area contributed by atoms with Crippen molar-refractivity contribution < 1.29 is 27.6 Å². The predicted octanol–water partition coefficient (Wildman–Crippen LogP) is 4.12. The average molecular weight is 455 g/mol. The zero-order valence-electron chi connectivity index (χ0n) is 17.3. The van der Waals surface area contributed by atoms with Gasteiger partial charge in [-0.25, -0.2) is 0 Å². The molecule has 3 aromatic rings. The second kappa shape index (κ2) is 10.4. The van der Waals surface area contributed by atoms with Crippen LogP contribution in [0.1, 0.15) is 36.6 Å². The van der Waals surface area contributed by atoms with Crippen molar-refractivity contribution >= 4 is 23.4 Å². The van der Waals surface area contributed by atoms with Crippen LogP contribution in [0.5, 0.6) is 0 Å². The third kappa shape index (κ3) is 6.67. The molecule has 0 saturated heterocycles. The molecule has 0 heterocycles. The van der Waals surface area contributed by atoms with Crippen molar-refractivity contribution in [3.05, 3.63) is 101 Å². The summed E-state index contributed by atoms with van der Waals surface area (Å²) in [5.74, 6) is -1.32. The van der Waals surface area contributed by atoms with E-state index in [0.29, 0.717) is 16.8 Å². The molecule has 0 unspecified atom stereocenters. The quantitative estimate of drug-likeness (QED) is 0.469. The highest BCUT2D eigenvalue weighted by molar-refractivity contribution is 6.04. The Morgan fingerprint density at radius 1 is 0.636 bits per heavy atom. The maximum Gasteiger partial charge on any atom is 0.416 e. The Hall–Kier alpha value is -4.14. The number of benzene rings is 3. The smallest absolute Gasteiger partial charge is 0.350 e. The van der Waals surface area contributed by atoms with Gasteiger partial charge in [0.25, 0.3) is 17.7 Å². The summed E-state index contributed by atoms with van der Waals surface area (Å²) >= 11 is 0. The van der Waals surface area contributed by atoms with Crippen LogP contribution in [0, 0.1) is 0 Å². The van der Waals surface area contributed by atoms with E-state index in [2.05, 4.69) is 16.0 Å². The Bertz CT molecular complexity index is 1130. The van der Waals surface area contributed by atoms with E-state index in [0.717, 1.165) is 18.2 Å². The molecule has 6 nitrogen and oxygen atoms in total. The first kappa shape index (κ1) is 23.5. The Morgan fingerprint density at radius 3 is 1.76 bits per heavy atom. The van der Waals surface area contributed by atoms with Crippen molar-refractivity contribution in [2.45, 2.75) is 6.18 Å². The van der Waals surface area contributed by atoms with Crippen molar-refractivity contribution in [2.24, 2.45) is 0 Å². The van der Waals surface area contributed by atoms with E-state index in [4.69, 9.17) is 0 Å². The van der Waals surface area contributed by atoms with Crippen molar-refractivity contribution in [1.29, 1.82) is 0 Å². The summed E-state index contributed by atoms with van der Waals surface area (Å²) in [6.07, 6.45) is -4.55. The fraction of sp³-hybridized carbons (Fsp3) is 0.125. The third-order valence-corrected chi connectivity index (χ3v) is 4.59. The highest BCUT2D eigenvalue weighted by atomic mass is 19.4. The minimum Gasteiger partial charge on any atom is -0.350 e. The van der Waals surface area contributed by atoms with Gasteiger partial charge >= 0.3 is 6.18 Å². The molecular formula is C24H20F3N3O3. The van der Waals surface area contributed by atoms with Gasteiger partial charge in [-0.05, 0) is 54.6 Å². The minimum absolute atomic E-state index is 0.135. The van der Waals surface area contributed by atoms with Crippen molar-refractivity contribution in [3.8, 4) is 0 Å². The first-order valence-corrected chi connectivity index (χ1v) is 9.94. The van der Waals surface area contributed by atoms with Crippen LogP contribution in [0.25, 0.3) is 0 Å². The Balaban J connectivity index is 1.49. The van der Waals surface area contributed by atoms with E-state index in [-0.39, 0.29) is 30.5 Å². The van der Waals surface area contributed by atoms with Gasteiger partial charge in [0.2, 0.25) is 0 Å². The molecule has 0 bridgehead atoms. The lowest BCUT2D eigenvalue weighted by Gasteiger charge is -2.10. The lowest BCUT2D eigenvalue weighted by atomic mass is 10.1. The van der Waals surface area contributed by atoms with E-state index >= 15 is 0 Å². The lowest BCUT2D eigenvalue weighted by molar-refractivity contribution is -0.137. The lowest BCUT2D eigenvalue weighted by Crippen LogP contribution is -2.34. The molecule has 3 aromatic carbocycles. The van der Waals surface area contributed by atoms with Crippen LogP contribution < -0.4 is 16.0 Å². The van der Waals surface area contributed by atoms with Crippen LogP contribution in [0.15, 0.2) is 78.9 Å². The van der Waals surface area contributed by atoms with E-state index < -0.39 is 17.6 Å². The van der Waals surface area contributed by atoms with Crippen LogP contribution in [-0.4, -0.2) is 30.8 Å². The molecule has 0 fully saturated rings. The Morgan fingerprint density at radius 2 is 1.18 bits per heavy atom. The summed E-state index contributed by atoms with van der Waals surface area (Å²) in [5, 5.41) is 7.86. The number of hydrogen-bond donors (Lipinski definition) is 3. The molecule has 0 saturated carbocycles. The predicted molar refractivity (Wildman–Crippen MR) is 117 cm³/mol. The van der Waals surface area contributed by atoms with E-state index in [1.807, 2.05) is 0 Å². The third-order valence-electron chi connectivity index (χ3n) is 4.59. The molecule has 3 rings (SSSR count). The molecule has 0 radical (unpaired) electrons. The van der Waals surface area contributed by atoms with Crippen molar-refractivity contribution in [1.82, 2.24) is 10.6 Å². The van der Waals surface area contributed by atoms with Gasteiger partial charge in [0.05, 0.1) is 5.56 Å². The number of halogens is 3. The molecule has 33 heavy (non-hydrogen) atoms. The highest BCUT2D eigenvalue weighted by Gasteiger charge is 2.30. The molecule has 0 aliphatic carbocycles. The summed E-state index contributed by atoms with van der Waals surface area (Å²) < 4.78 is 38.4. The molecule has 0 atom stereocenters. The molecule has 0 spiro atoms. The second-order valence-electron chi connectivity index (χ2n) is 6.99. The molecule has 170 valence electrons. The number of nitrogens with one attached hydrogen (secondary N) is 3. The first-order valence-electron chi connectivity index (χ1n) is 9.94. The maximum absolute atomic E-state index is 12.8. The second-order valence-corrected chi connectivity index (χ2v) is 6.99. The van der Waals surface area contributed by atoms with Gasteiger partial charge in [0.1, 0.15) is 0 Å². The summed E-state index contributed by atoms with van der Waals surface area (Å²) in [5.41, 5.74) is 0.114. The summed E-state index contributed by atoms with van der Waals surface area (Å²) in [6.45, 7) is 0.454. The molecule has 0 aliphatic rings. The summed E-state index contributed by atoms with van der Waals surface area (Å²) in [7, 11) is 0. The van der Waals surface area contributed by atoms with E-state index in [1.165, 1.54) is 30.3 Å². The van der Waals surface area contributed by atoms with Gasteiger partial charge in [-0.1, -0.05) is 24.3 Å². The molecule has 3 amide bonds. The van der Waals surface area contributed by atoms with Crippen LogP contribution in [0.2, 0.25) is 0 Å². The number of carbonyl (C=O) groups excluding carboxylic acids is 3. The van der Waals surface area contributed by atoms with E-state index in [1.54, 1.807) is 30.3 Å². The maximum atomic E-state index is 12.8. The van der Waals surface area contributed by atoms with Gasteiger partial charge in [0.15, 0.2) is 0 Å².